The number of aliphatic hydroxyl groups is 1. The number of hydrogen-bond acceptors (Lipinski definition) is 1. The molecule has 0 rings (SSSR count). The van der Waals surface area contributed by atoms with E-state index >= 15 is 0 Å². The summed E-state index contributed by atoms with van der Waals surface area (Å²) in [5.74, 6) is 0. The summed E-state index contributed by atoms with van der Waals surface area (Å²) in [5, 5.41) is 6.75. The minimum Gasteiger partial charge on any atom is -0.569 e. The van der Waals surface area contributed by atoms with Crippen molar-refractivity contribution in [2.75, 3.05) is 0 Å². The fraction of sp³-hybridized carbons (Fsp3) is 0. The van der Waals surface area contributed by atoms with Crippen molar-refractivity contribution >= 4 is 0 Å². The van der Waals surface area contributed by atoms with Crippen molar-refractivity contribution in [1.29, 1.82) is 0 Å². The smallest absolute Gasteiger partial charge is 0.569 e. The summed E-state index contributed by atoms with van der Waals surface area (Å²) >= 11 is 0. The average molecular weight is 85.2 g/mol. The van der Waals surface area contributed by atoms with E-state index in [0.29, 0.717) is 0 Å². The molecule has 22 valence electrons. The van der Waals surface area contributed by atoms with E-state index in [4.69, 9.17) is 5.11 Å². The Balaban J connectivity index is -0.00000000500. The van der Waals surface area contributed by atoms with Crippen LogP contribution in [0.2, 0.25) is 0 Å². The zero-order valence-electron chi connectivity index (χ0n) is 3.15. The molecule has 0 bridgehead atoms. The second-order valence-electron chi connectivity index (χ2n) is 0. The molecular formula is C2H6KO-. The van der Waals surface area contributed by atoms with E-state index in [1.165, 1.54) is 0 Å². The van der Waals surface area contributed by atoms with Crippen LogP contribution in [-0.4, -0.2) is 5.11 Å². The molecule has 0 aromatic carbocycles. The first-order valence-corrected chi connectivity index (χ1v) is 0.316. The largest absolute Gasteiger partial charge is 1.00 e. The van der Waals surface area contributed by atoms with Crippen LogP contribution in [0.1, 0.15) is 0 Å². The van der Waals surface area contributed by atoms with Crippen molar-refractivity contribution in [1.82, 2.24) is 0 Å². The average Bonchev–Trinajstić information content (AvgIpc) is 1.00. The van der Waals surface area contributed by atoms with Gasteiger partial charge in [-0.2, -0.15) is 0 Å². The molecule has 4 heavy (non-hydrogen) atoms. The summed E-state index contributed by atoms with van der Waals surface area (Å²) in [5.41, 5.74) is 0. The first-order chi connectivity index (χ1) is 1.00. The van der Waals surface area contributed by atoms with E-state index in [-0.39, 0.29) is 58.8 Å². The third-order valence-electron chi connectivity index (χ3n) is 0. The molecule has 0 aliphatic heterocycles. The van der Waals surface area contributed by atoms with Gasteiger partial charge in [0.1, 0.15) is 0 Å². The molecule has 0 heterocycles. The van der Waals surface area contributed by atoms with Crippen LogP contribution in [0.4, 0.5) is 0 Å². The minimum absolute atomic E-state index is 0. The van der Waals surface area contributed by atoms with Crippen LogP contribution in [0, 0.1) is 14.5 Å². The Morgan fingerprint density at radius 1 is 1.25 bits per heavy atom. The summed E-state index contributed by atoms with van der Waals surface area (Å²) in [4.78, 5) is 0. The monoisotopic (exact) mass is 85.0 g/mol. The van der Waals surface area contributed by atoms with Crippen molar-refractivity contribution in [2.24, 2.45) is 0 Å². The summed E-state index contributed by atoms with van der Waals surface area (Å²) in [6.07, 6.45) is 0. The second-order valence-corrected chi connectivity index (χ2v) is 0. The second kappa shape index (κ2) is 23.3. The van der Waals surface area contributed by atoms with Crippen LogP contribution < -0.4 is 51.4 Å². The zero-order valence-corrected chi connectivity index (χ0v) is 6.28. The minimum atomic E-state index is 0. The van der Waals surface area contributed by atoms with Crippen LogP contribution >= 0.6 is 0 Å². The van der Waals surface area contributed by atoms with Crippen LogP contribution in [0.25, 0.3) is 0 Å². The van der Waals surface area contributed by atoms with E-state index in [9.17, 15) is 0 Å². The molecule has 0 aromatic heterocycles. The SMILES string of the molecule is [CH2-]O.[CH3-].[K+]. The fourth-order valence-corrected chi connectivity index (χ4v) is 0. The normalized spacial score (nSPS) is 1.50. The van der Waals surface area contributed by atoms with Gasteiger partial charge in [0.25, 0.3) is 0 Å². The van der Waals surface area contributed by atoms with Crippen LogP contribution in [0.5, 0.6) is 0 Å². The van der Waals surface area contributed by atoms with Gasteiger partial charge in [0.05, 0.1) is 0 Å². The Kier molecular flexibility index (Phi) is 102. The molecule has 1 N–H and O–H groups in total. The molecule has 0 atom stereocenters. The van der Waals surface area contributed by atoms with Gasteiger partial charge < -0.3 is 12.5 Å². The van der Waals surface area contributed by atoms with Gasteiger partial charge in [-0.3, -0.25) is 0 Å². The van der Waals surface area contributed by atoms with Crippen molar-refractivity contribution < 1.29 is 56.5 Å². The Labute approximate surface area is 69.8 Å². The van der Waals surface area contributed by atoms with E-state index in [1.54, 1.807) is 0 Å². The van der Waals surface area contributed by atoms with E-state index in [2.05, 4.69) is 7.11 Å². The maximum absolute atomic E-state index is 6.75. The van der Waals surface area contributed by atoms with E-state index < -0.39 is 0 Å². The summed E-state index contributed by atoms with van der Waals surface area (Å²) < 4.78 is 0. The zero-order chi connectivity index (χ0) is 2.00. The van der Waals surface area contributed by atoms with Gasteiger partial charge in [-0.05, 0) is 0 Å². The Hall–Kier alpha value is 1.60. The molecule has 0 fully saturated rings. The van der Waals surface area contributed by atoms with Gasteiger partial charge in [0, 0.05) is 0 Å². The van der Waals surface area contributed by atoms with Crippen LogP contribution in [-0.2, 0) is 0 Å². The first kappa shape index (κ1) is 17.5. The molecule has 0 saturated carbocycles. The molecule has 1 nitrogen and oxygen atoms in total. The van der Waals surface area contributed by atoms with Crippen LogP contribution in [0.3, 0.4) is 0 Å². The molecule has 0 spiro atoms. The third-order valence-corrected chi connectivity index (χ3v) is 0. The predicted molar refractivity (Wildman–Crippen MR) is 13.7 cm³/mol. The standard InChI is InChI=1S/CH3O.CH3.K/c1-2;;/h2H,1H2;1H3;/q2*-1;+1. The molecule has 0 saturated heterocycles. The van der Waals surface area contributed by atoms with Crippen molar-refractivity contribution in [2.45, 2.75) is 0 Å². The third kappa shape index (κ3) is 9.51. The Morgan fingerprint density at radius 3 is 1.25 bits per heavy atom. The van der Waals surface area contributed by atoms with Crippen LogP contribution in [0.15, 0.2) is 0 Å². The topological polar surface area (TPSA) is 20.2 Å². The van der Waals surface area contributed by atoms with Gasteiger partial charge in [-0.1, -0.05) is 0 Å². The number of rotatable bonds is 0. The van der Waals surface area contributed by atoms with Gasteiger partial charge in [0.15, 0.2) is 0 Å². The van der Waals surface area contributed by atoms with Gasteiger partial charge in [0.2, 0.25) is 0 Å². The number of hydrogen-bond donors (Lipinski definition) is 1. The first-order valence-electron chi connectivity index (χ1n) is 0.316. The molecular weight excluding hydrogens is 79.1 g/mol. The predicted octanol–water partition coefficient (Wildman–Crippen LogP) is -2.40. The van der Waals surface area contributed by atoms with Gasteiger partial charge in [-0.15, -0.1) is 0 Å². The van der Waals surface area contributed by atoms with Crippen molar-refractivity contribution in [3.8, 4) is 0 Å². The molecule has 0 amide bonds. The maximum atomic E-state index is 6.75. The van der Waals surface area contributed by atoms with Crippen molar-refractivity contribution in [3.63, 3.8) is 0 Å². The summed E-state index contributed by atoms with van der Waals surface area (Å²) in [6.45, 7) is 0. The molecule has 0 aliphatic rings. The van der Waals surface area contributed by atoms with Gasteiger partial charge in [-0.25, -0.2) is 7.11 Å². The Bertz CT molecular complexity index is 6.00. The maximum Gasteiger partial charge on any atom is 1.00 e. The molecule has 0 aliphatic carbocycles. The quantitative estimate of drug-likeness (QED) is 0.257. The van der Waals surface area contributed by atoms with Gasteiger partial charge >= 0.3 is 51.4 Å². The molecule has 0 unspecified atom stereocenters. The molecule has 0 radical (unpaired) electrons. The van der Waals surface area contributed by atoms with E-state index in [0.717, 1.165) is 0 Å². The number of aliphatic hydroxyl groups excluding tert-OH is 1. The molecule has 0 aromatic rings. The Morgan fingerprint density at radius 2 is 1.25 bits per heavy atom. The van der Waals surface area contributed by atoms with Crippen molar-refractivity contribution in [3.05, 3.63) is 14.5 Å². The summed E-state index contributed by atoms with van der Waals surface area (Å²) in [7, 11) is 2.25. The fourth-order valence-electron chi connectivity index (χ4n) is 0. The molecule has 2 heteroatoms. The summed E-state index contributed by atoms with van der Waals surface area (Å²) in [6, 6.07) is 0. The van der Waals surface area contributed by atoms with E-state index in [1.807, 2.05) is 0 Å².